The Balaban J connectivity index is 2.01. The zero-order valence-electron chi connectivity index (χ0n) is 12.4. The highest BCUT2D eigenvalue weighted by molar-refractivity contribution is 6.30. The Hall–Kier alpha value is -1.67. The van der Waals surface area contributed by atoms with Crippen LogP contribution in [0.2, 0.25) is 5.02 Å². The minimum absolute atomic E-state index is 0.0904. The summed E-state index contributed by atoms with van der Waals surface area (Å²) in [6.07, 6.45) is 1.11. The van der Waals surface area contributed by atoms with Gasteiger partial charge in [-0.2, -0.15) is 0 Å². The number of para-hydroxylation sites is 1. The lowest BCUT2D eigenvalue weighted by Gasteiger charge is -2.39. The highest BCUT2D eigenvalue weighted by Gasteiger charge is 2.27. The van der Waals surface area contributed by atoms with E-state index in [-0.39, 0.29) is 6.04 Å². The molecule has 0 aliphatic carbocycles. The van der Waals surface area contributed by atoms with E-state index in [9.17, 15) is 5.11 Å². The molecule has 2 atom stereocenters. The van der Waals surface area contributed by atoms with Gasteiger partial charge in [-0.05, 0) is 49.1 Å². The lowest BCUT2D eigenvalue weighted by molar-refractivity contribution is 0.450. The first-order valence-electron chi connectivity index (χ1n) is 7.39. The van der Waals surface area contributed by atoms with Crippen LogP contribution >= 0.6 is 11.6 Å². The minimum atomic E-state index is 0.0904. The van der Waals surface area contributed by atoms with Gasteiger partial charge in [-0.3, -0.25) is 0 Å². The lowest BCUT2D eigenvalue weighted by Crippen LogP contribution is -2.36. The first kappa shape index (κ1) is 14.3. The summed E-state index contributed by atoms with van der Waals surface area (Å²) in [6, 6.07) is 13.9. The Morgan fingerprint density at radius 2 is 2.00 bits per heavy atom. The molecule has 0 bridgehead atoms. The van der Waals surface area contributed by atoms with Crippen molar-refractivity contribution in [3.8, 4) is 5.75 Å². The number of phenolic OH excluding ortho intramolecular Hbond substituents is 1. The van der Waals surface area contributed by atoms with E-state index in [0.29, 0.717) is 16.7 Å². The second kappa shape index (κ2) is 5.61. The standard InChI is InChI=1S/C18H20ClNO/c1-12-9-14-5-3-4-6-17(14)20(11-12)13(2)16-10-15(19)7-8-18(16)21/h3-8,10,12-13,21H,9,11H2,1-2H3. The molecule has 0 radical (unpaired) electrons. The van der Waals surface area contributed by atoms with Gasteiger partial charge in [0.1, 0.15) is 5.75 Å². The summed E-state index contributed by atoms with van der Waals surface area (Å²) in [5, 5.41) is 10.8. The number of phenols is 1. The van der Waals surface area contributed by atoms with Crippen LogP contribution in [0.5, 0.6) is 5.75 Å². The third-order valence-corrected chi connectivity index (χ3v) is 4.52. The second-order valence-electron chi connectivity index (χ2n) is 5.97. The summed E-state index contributed by atoms with van der Waals surface area (Å²) >= 11 is 6.10. The van der Waals surface area contributed by atoms with Gasteiger partial charge in [0.25, 0.3) is 0 Å². The van der Waals surface area contributed by atoms with E-state index in [2.05, 4.69) is 43.0 Å². The molecule has 0 saturated carbocycles. The molecule has 0 spiro atoms. The fourth-order valence-electron chi connectivity index (χ4n) is 3.23. The predicted molar refractivity (Wildman–Crippen MR) is 88.2 cm³/mol. The van der Waals surface area contributed by atoms with E-state index in [1.165, 1.54) is 11.3 Å². The van der Waals surface area contributed by atoms with Crippen LogP contribution in [0.25, 0.3) is 0 Å². The van der Waals surface area contributed by atoms with E-state index in [4.69, 9.17) is 11.6 Å². The number of benzene rings is 2. The highest BCUT2D eigenvalue weighted by Crippen LogP contribution is 2.38. The molecule has 0 amide bonds. The van der Waals surface area contributed by atoms with Crippen molar-refractivity contribution >= 4 is 17.3 Å². The maximum absolute atomic E-state index is 10.2. The smallest absolute Gasteiger partial charge is 0.120 e. The first-order valence-corrected chi connectivity index (χ1v) is 7.77. The molecule has 1 aliphatic heterocycles. The Morgan fingerprint density at radius 1 is 1.24 bits per heavy atom. The predicted octanol–water partition coefficient (Wildman–Crippen LogP) is 4.81. The summed E-state index contributed by atoms with van der Waals surface area (Å²) in [7, 11) is 0. The Labute approximate surface area is 131 Å². The average Bonchev–Trinajstić information content (AvgIpc) is 2.48. The molecule has 1 N–H and O–H groups in total. The number of rotatable bonds is 2. The zero-order chi connectivity index (χ0) is 15.0. The van der Waals surface area contributed by atoms with Crippen molar-refractivity contribution in [3.05, 3.63) is 58.6 Å². The van der Waals surface area contributed by atoms with Crippen molar-refractivity contribution < 1.29 is 5.11 Å². The summed E-state index contributed by atoms with van der Waals surface area (Å²) in [5.74, 6) is 0.909. The molecule has 2 aromatic rings. The topological polar surface area (TPSA) is 23.5 Å². The van der Waals surface area contributed by atoms with Gasteiger partial charge in [0.15, 0.2) is 0 Å². The van der Waals surface area contributed by atoms with Crippen molar-refractivity contribution in [3.63, 3.8) is 0 Å². The number of anilines is 1. The highest BCUT2D eigenvalue weighted by atomic mass is 35.5. The summed E-state index contributed by atoms with van der Waals surface area (Å²) < 4.78 is 0. The number of nitrogens with zero attached hydrogens (tertiary/aromatic N) is 1. The van der Waals surface area contributed by atoms with E-state index >= 15 is 0 Å². The Morgan fingerprint density at radius 3 is 2.81 bits per heavy atom. The SMILES string of the molecule is CC1Cc2ccccc2N(C(C)c2cc(Cl)ccc2O)C1. The van der Waals surface area contributed by atoms with Crippen LogP contribution in [-0.2, 0) is 6.42 Å². The third-order valence-electron chi connectivity index (χ3n) is 4.28. The second-order valence-corrected chi connectivity index (χ2v) is 6.41. The van der Waals surface area contributed by atoms with Crippen molar-refractivity contribution in [1.82, 2.24) is 0 Å². The van der Waals surface area contributed by atoms with E-state index in [1.54, 1.807) is 12.1 Å². The van der Waals surface area contributed by atoms with Crippen LogP contribution in [0.4, 0.5) is 5.69 Å². The first-order chi connectivity index (χ1) is 10.1. The Kier molecular flexibility index (Phi) is 3.81. The molecule has 0 saturated heterocycles. The van der Waals surface area contributed by atoms with Crippen molar-refractivity contribution in [1.29, 1.82) is 0 Å². The van der Waals surface area contributed by atoms with Gasteiger partial charge in [0.05, 0.1) is 6.04 Å². The third kappa shape index (κ3) is 2.73. The maximum atomic E-state index is 10.2. The Bertz CT molecular complexity index is 655. The average molecular weight is 302 g/mol. The molecule has 110 valence electrons. The summed E-state index contributed by atoms with van der Waals surface area (Å²) in [6.45, 7) is 5.39. The molecule has 21 heavy (non-hydrogen) atoms. The number of aromatic hydroxyl groups is 1. The molecule has 2 aromatic carbocycles. The van der Waals surface area contributed by atoms with Gasteiger partial charge in [0, 0.05) is 22.8 Å². The molecule has 1 heterocycles. The van der Waals surface area contributed by atoms with Gasteiger partial charge in [-0.1, -0.05) is 36.7 Å². The molecule has 3 heteroatoms. The summed E-state index contributed by atoms with van der Waals surface area (Å²) in [4.78, 5) is 2.37. The number of hydrogen-bond donors (Lipinski definition) is 1. The number of halogens is 1. The fourth-order valence-corrected chi connectivity index (χ4v) is 3.41. The lowest BCUT2D eigenvalue weighted by atomic mass is 9.91. The van der Waals surface area contributed by atoms with Crippen molar-refractivity contribution in [2.75, 3.05) is 11.4 Å². The molecule has 0 aromatic heterocycles. The monoisotopic (exact) mass is 301 g/mol. The van der Waals surface area contributed by atoms with Crippen LogP contribution in [0, 0.1) is 5.92 Å². The van der Waals surface area contributed by atoms with E-state index < -0.39 is 0 Å². The van der Waals surface area contributed by atoms with Crippen LogP contribution < -0.4 is 4.90 Å². The molecular weight excluding hydrogens is 282 g/mol. The maximum Gasteiger partial charge on any atom is 0.120 e. The van der Waals surface area contributed by atoms with Gasteiger partial charge in [0.2, 0.25) is 0 Å². The van der Waals surface area contributed by atoms with Gasteiger partial charge < -0.3 is 10.0 Å². The number of fused-ring (bicyclic) bond motifs is 1. The fraction of sp³-hybridized carbons (Fsp3) is 0.333. The number of hydrogen-bond acceptors (Lipinski definition) is 2. The normalized spacial score (nSPS) is 19.2. The molecule has 2 unspecified atom stereocenters. The van der Waals surface area contributed by atoms with E-state index in [1.807, 2.05) is 6.07 Å². The van der Waals surface area contributed by atoms with Crippen LogP contribution in [0.15, 0.2) is 42.5 Å². The zero-order valence-corrected chi connectivity index (χ0v) is 13.1. The largest absolute Gasteiger partial charge is 0.508 e. The van der Waals surface area contributed by atoms with Gasteiger partial charge >= 0.3 is 0 Å². The van der Waals surface area contributed by atoms with Crippen LogP contribution in [0.3, 0.4) is 0 Å². The summed E-state index contributed by atoms with van der Waals surface area (Å²) in [5.41, 5.74) is 3.53. The quantitative estimate of drug-likeness (QED) is 0.861. The molecule has 3 rings (SSSR count). The van der Waals surface area contributed by atoms with Crippen LogP contribution in [-0.4, -0.2) is 11.7 Å². The van der Waals surface area contributed by atoms with E-state index in [0.717, 1.165) is 18.5 Å². The molecule has 0 fully saturated rings. The van der Waals surface area contributed by atoms with Crippen LogP contribution in [0.1, 0.15) is 31.0 Å². The van der Waals surface area contributed by atoms with Gasteiger partial charge in [-0.25, -0.2) is 0 Å². The molecule has 1 aliphatic rings. The molecular formula is C18H20ClNO. The minimum Gasteiger partial charge on any atom is -0.508 e. The van der Waals surface area contributed by atoms with Gasteiger partial charge in [-0.15, -0.1) is 0 Å². The molecule has 2 nitrogen and oxygen atoms in total. The van der Waals surface area contributed by atoms with Crippen molar-refractivity contribution in [2.24, 2.45) is 5.92 Å². The van der Waals surface area contributed by atoms with Crippen molar-refractivity contribution in [2.45, 2.75) is 26.3 Å².